The summed E-state index contributed by atoms with van der Waals surface area (Å²) in [5.74, 6) is -3.28. The molecule has 11 nitrogen and oxygen atoms in total. The number of fused-ring (bicyclic) bond motifs is 1. The Balaban J connectivity index is 1.23. The Labute approximate surface area is 259 Å². The van der Waals surface area contributed by atoms with Gasteiger partial charge in [0.2, 0.25) is 16.7 Å². The first-order chi connectivity index (χ1) is 21.7. The fourth-order valence-electron chi connectivity index (χ4n) is 6.09. The summed E-state index contributed by atoms with van der Waals surface area (Å²) in [5, 5.41) is 13.3. The molecular weight excluding hydrogens is 606 g/mol. The maximum atomic E-state index is 15.8. The molecule has 0 unspecified atom stereocenters. The number of ketones is 1. The highest BCUT2D eigenvalue weighted by Gasteiger charge is 2.30. The first-order valence-corrected chi connectivity index (χ1v) is 15.8. The number of pyridine rings is 1. The van der Waals surface area contributed by atoms with Gasteiger partial charge < -0.3 is 15.4 Å². The lowest BCUT2D eigenvalue weighted by Gasteiger charge is -2.31. The minimum absolute atomic E-state index is 0.00550. The van der Waals surface area contributed by atoms with Gasteiger partial charge in [0.25, 0.3) is 0 Å². The van der Waals surface area contributed by atoms with Gasteiger partial charge in [0, 0.05) is 67.7 Å². The number of amides is 1. The van der Waals surface area contributed by atoms with E-state index in [0.29, 0.717) is 29.7 Å². The molecule has 2 aromatic carbocycles. The van der Waals surface area contributed by atoms with Crippen LogP contribution in [0.2, 0.25) is 0 Å². The number of rotatable bonds is 9. The highest BCUT2D eigenvalue weighted by molar-refractivity contribution is 7.73. The number of hydrazine groups is 1. The minimum atomic E-state index is -3.28. The average Bonchev–Trinajstić information content (AvgIpc) is 3.70. The molecule has 6 rings (SSSR count). The Bertz CT molecular complexity index is 1810. The number of carbonyl (C=O) groups excluding carboxylic acids is 1. The van der Waals surface area contributed by atoms with E-state index in [1.54, 1.807) is 12.3 Å². The predicted molar refractivity (Wildman–Crippen MR) is 164 cm³/mol. The molecule has 45 heavy (non-hydrogen) atoms. The van der Waals surface area contributed by atoms with Gasteiger partial charge in [-0.1, -0.05) is 24.3 Å². The Kier molecular flexibility index (Phi) is 8.79. The van der Waals surface area contributed by atoms with Crippen molar-refractivity contribution in [3.8, 4) is 11.1 Å². The SMILES string of the molecule is O=C(O)NC1CCN(Cc2ccc(-c3cnc4[nH]cc(C(=O)c5c(F)ccc(N(N6CCCC6)[SH](=O)=O)c5F)c4c3)cc2)CC1. The second-order valence-corrected chi connectivity index (χ2v) is 12.1. The molecule has 2 aliphatic rings. The van der Waals surface area contributed by atoms with Gasteiger partial charge in [0.05, 0.1) is 5.56 Å². The second-order valence-electron chi connectivity index (χ2n) is 11.3. The third kappa shape index (κ3) is 6.39. The van der Waals surface area contributed by atoms with Gasteiger partial charge in [0.1, 0.15) is 17.2 Å². The molecular formula is C31H32F2N6O5S. The van der Waals surface area contributed by atoms with Crippen LogP contribution in [0.5, 0.6) is 0 Å². The fraction of sp³-hybridized carbons (Fsp3) is 0.323. The molecule has 236 valence electrons. The van der Waals surface area contributed by atoms with Crippen LogP contribution in [0.1, 0.15) is 47.2 Å². The van der Waals surface area contributed by atoms with Crippen molar-refractivity contribution in [3.63, 3.8) is 0 Å². The van der Waals surface area contributed by atoms with Gasteiger partial charge in [-0.2, -0.15) is 4.41 Å². The van der Waals surface area contributed by atoms with E-state index in [0.717, 1.165) is 73.0 Å². The van der Waals surface area contributed by atoms with Gasteiger partial charge in [0.15, 0.2) is 5.82 Å². The summed E-state index contributed by atoms with van der Waals surface area (Å²) >= 11 is 0. The number of thiol groups is 1. The third-order valence-electron chi connectivity index (χ3n) is 8.40. The Morgan fingerprint density at radius 1 is 1.02 bits per heavy atom. The van der Waals surface area contributed by atoms with Crippen LogP contribution >= 0.6 is 0 Å². The van der Waals surface area contributed by atoms with Crippen LogP contribution in [-0.2, 0) is 17.4 Å². The standard InChI is InChI=1S/C31H32F2N6O5S/c32-25-7-8-26(39(45(43)44)38-11-1-2-12-38)28(33)27(25)29(40)24-17-35-30-23(24)15-21(16-34-30)20-5-3-19(4-6-20)18-37-13-9-22(10-14-37)36-31(41)42/h3-8,15-17,22,36,45H,1-2,9-14,18H2,(H,34,35)(H,41,42). The Morgan fingerprint density at radius 2 is 1.73 bits per heavy atom. The number of aromatic nitrogens is 2. The predicted octanol–water partition coefficient (Wildman–Crippen LogP) is 4.31. The zero-order valence-corrected chi connectivity index (χ0v) is 25.1. The van der Waals surface area contributed by atoms with Crippen molar-refractivity contribution in [1.29, 1.82) is 0 Å². The number of nitrogens with one attached hydrogen (secondary N) is 2. The topological polar surface area (TPSA) is 139 Å². The van der Waals surface area contributed by atoms with Crippen molar-refractivity contribution in [2.75, 3.05) is 30.6 Å². The number of halogens is 2. The number of hydrogen-bond acceptors (Lipinski definition) is 7. The van der Waals surface area contributed by atoms with E-state index in [9.17, 15) is 18.0 Å². The summed E-state index contributed by atoms with van der Waals surface area (Å²) in [6, 6.07) is 11.5. The summed E-state index contributed by atoms with van der Waals surface area (Å²) in [7, 11) is -3.28. The lowest BCUT2D eigenvalue weighted by molar-refractivity contribution is 0.103. The van der Waals surface area contributed by atoms with Crippen LogP contribution < -0.4 is 9.73 Å². The maximum Gasteiger partial charge on any atom is 0.404 e. The zero-order chi connectivity index (χ0) is 31.7. The van der Waals surface area contributed by atoms with Crippen molar-refractivity contribution >= 4 is 39.5 Å². The quantitative estimate of drug-likeness (QED) is 0.157. The van der Waals surface area contributed by atoms with E-state index in [1.165, 1.54) is 11.2 Å². The number of nitrogens with zero attached hydrogens (tertiary/aromatic N) is 4. The smallest absolute Gasteiger partial charge is 0.404 e. The molecule has 0 aliphatic carbocycles. The highest BCUT2D eigenvalue weighted by atomic mass is 32.2. The molecule has 0 spiro atoms. The molecule has 0 saturated carbocycles. The number of hydrogen-bond donors (Lipinski definition) is 4. The summed E-state index contributed by atoms with van der Waals surface area (Å²) in [4.78, 5) is 34.1. The van der Waals surface area contributed by atoms with Crippen molar-refractivity contribution in [1.82, 2.24) is 25.2 Å². The van der Waals surface area contributed by atoms with Gasteiger partial charge in [-0.25, -0.2) is 32.0 Å². The van der Waals surface area contributed by atoms with Gasteiger partial charge in [-0.3, -0.25) is 9.69 Å². The summed E-state index contributed by atoms with van der Waals surface area (Å²) in [5.41, 5.74) is 1.73. The minimum Gasteiger partial charge on any atom is -0.465 e. The van der Waals surface area contributed by atoms with Crippen LogP contribution in [0, 0.1) is 11.6 Å². The molecule has 2 saturated heterocycles. The highest BCUT2D eigenvalue weighted by Crippen LogP contribution is 2.32. The molecule has 4 aromatic rings. The molecule has 14 heteroatoms. The molecule has 0 radical (unpaired) electrons. The molecule has 3 N–H and O–H groups in total. The largest absolute Gasteiger partial charge is 0.465 e. The van der Waals surface area contributed by atoms with E-state index in [-0.39, 0.29) is 11.6 Å². The van der Waals surface area contributed by atoms with Crippen LogP contribution in [0.4, 0.5) is 19.3 Å². The number of anilines is 1. The lowest BCUT2D eigenvalue weighted by atomic mass is 9.99. The monoisotopic (exact) mass is 638 g/mol. The average molecular weight is 639 g/mol. The van der Waals surface area contributed by atoms with E-state index in [2.05, 4.69) is 20.2 Å². The number of piperidine rings is 1. The molecule has 0 bridgehead atoms. The number of aromatic amines is 1. The number of carbonyl (C=O) groups is 2. The third-order valence-corrected chi connectivity index (χ3v) is 9.18. The van der Waals surface area contributed by atoms with E-state index in [1.807, 2.05) is 24.3 Å². The number of benzene rings is 2. The van der Waals surface area contributed by atoms with Gasteiger partial charge >= 0.3 is 6.09 Å². The van der Waals surface area contributed by atoms with E-state index >= 15 is 8.78 Å². The van der Waals surface area contributed by atoms with Crippen LogP contribution in [-0.4, -0.2) is 77.5 Å². The zero-order valence-electron chi connectivity index (χ0n) is 24.2. The van der Waals surface area contributed by atoms with E-state index in [4.69, 9.17) is 5.11 Å². The molecule has 2 aromatic heterocycles. The first kappa shape index (κ1) is 30.6. The Hall–Kier alpha value is -4.40. The van der Waals surface area contributed by atoms with Gasteiger partial charge in [-0.05, 0) is 55.0 Å². The van der Waals surface area contributed by atoms with Crippen LogP contribution in [0.25, 0.3) is 22.2 Å². The van der Waals surface area contributed by atoms with E-state index < -0.39 is 45.7 Å². The van der Waals surface area contributed by atoms with Crippen molar-refractivity contribution in [2.24, 2.45) is 0 Å². The summed E-state index contributed by atoms with van der Waals surface area (Å²) < 4.78 is 55.8. The molecule has 2 aliphatic heterocycles. The number of H-pyrrole nitrogens is 1. The Morgan fingerprint density at radius 3 is 2.40 bits per heavy atom. The molecule has 0 atom stereocenters. The van der Waals surface area contributed by atoms with Crippen molar-refractivity contribution in [2.45, 2.75) is 38.3 Å². The van der Waals surface area contributed by atoms with Crippen LogP contribution in [0.15, 0.2) is 54.9 Å². The summed E-state index contributed by atoms with van der Waals surface area (Å²) in [6.07, 6.45) is 4.95. The fourth-order valence-corrected chi connectivity index (χ4v) is 6.81. The molecule has 2 fully saturated rings. The van der Waals surface area contributed by atoms with Crippen molar-refractivity contribution in [3.05, 3.63) is 83.2 Å². The number of likely N-dealkylation sites (tertiary alicyclic amines) is 1. The normalized spacial score (nSPS) is 16.4. The second kappa shape index (κ2) is 12.9. The maximum absolute atomic E-state index is 15.8. The first-order valence-electron chi connectivity index (χ1n) is 14.7. The lowest BCUT2D eigenvalue weighted by Crippen LogP contribution is -2.43. The van der Waals surface area contributed by atoms with Gasteiger partial charge in [-0.15, -0.1) is 0 Å². The molecule has 4 heterocycles. The van der Waals surface area contributed by atoms with Crippen molar-refractivity contribution < 1.29 is 31.9 Å². The summed E-state index contributed by atoms with van der Waals surface area (Å²) in [6.45, 7) is 3.08. The molecule has 1 amide bonds. The van der Waals surface area contributed by atoms with Crippen LogP contribution in [0.3, 0.4) is 0 Å². The number of carboxylic acid groups (broad SMARTS) is 1.